The summed E-state index contributed by atoms with van der Waals surface area (Å²) in [6.07, 6.45) is 0.791. The van der Waals surface area contributed by atoms with E-state index in [4.69, 9.17) is 0 Å². The molecule has 0 saturated carbocycles. The molecular weight excluding hydrogens is 380 g/mol. The summed E-state index contributed by atoms with van der Waals surface area (Å²) in [7, 11) is 1.71. The van der Waals surface area contributed by atoms with Crippen LogP contribution in [0, 0.1) is 0 Å². The zero-order chi connectivity index (χ0) is 21.1. The van der Waals surface area contributed by atoms with Crippen LogP contribution in [0.3, 0.4) is 0 Å². The Balaban J connectivity index is 1.37. The first-order valence-corrected chi connectivity index (χ1v) is 10.0. The Kier molecular flexibility index (Phi) is 5.72. The number of amides is 3. The molecule has 0 bridgehead atoms. The monoisotopic (exact) mass is 404 g/mol. The van der Waals surface area contributed by atoms with Crippen molar-refractivity contribution >= 4 is 23.4 Å². The highest BCUT2D eigenvalue weighted by atomic mass is 16.2. The Morgan fingerprint density at radius 3 is 2.43 bits per heavy atom. The Hall–Kier alpha value is -3.32. The van der Waals surface area contributed by atoms with Gasteiger partial charge in [-0.25, -0.2) is 5.01 Å². The van der Waals surface area contributed by atoms with Crippen molar-refractivity contribution in [3.05, 3.63) is 71.8 Å². The van der Waals surface area contributed by atoms with E-state index in [1.54, 1.807) is 11.9 Å². The number of likely N-dealkylation sites (tertiary alicyclic amines) is 1. The van der Waals surface area contributed by atoms with Gasteiger partial charge in [-0.2, -0.15) is 5.10 Å². The number of hydrazone groups is 1. The van der Waals surface area contributed by atoms with Crippen molar-refractivity contribution in [3.63, 3.8) is 0 Å². The number of rotatable bonds is 6. The molecule has 0 aromatic heterocycles. The van der Waals surface area contributed by atoms with Crippen molar-refractivity contribution in [2.45, 2.75) is 25.4 Å². The first kappa shape index (κ1) is 20.0. The van der Waals surface area contributed by atoms with Gasteiger partial charge in [-0.1, -0.05) is 60.7 Å². The summed E-state index contributed by atoms with van der Waals surface area (Å²) in [6.45, 7) is 0.816. The highest BCUT2D eigenvalue weighted by molar-refractivity contribution is 6.06. The van der Waals surface area contributed by atoms with Gasteiger partial charge in [0.25, 0.3) is 5.91 Å². The predicted molar refractivity (Wildman–Crippen MR) is 112 cm³/mol. The molecule has 1 unspecified atom stereocenters. The highest BCUT2D eigenvalue weighted by Gasteiger charge is 2.41. The van der Waals surface area contributed by atoms with Gasteiger partial charge in [0.1, 0.15) is 0 Å². The van der Waals surface area contributed by atoms with E-state index in [9.17, 15) is 14.4 Å². The van der Waals surface area contributed by atoms with Crippen molar-refractivity contribution in [3.8, 4) is 0 Å². The van der Waals surface area contributed by atoms with Gasteiger partial charge in [0.05, 0.1) is 37.8 Å². The minimum Gasteiger partial charge on any atom is -0.286 e. The molecule has 4 rings (SSSR count). The lowest BCUT2D eigenvalue weighted by molar-refractivity contribution is -0.140. The van der Waals surface area contributed by atoms with Gasteiger partial charge < -0.3 is 0 Å². The third-order valence-corrected chi connectivity index (χ3v) is 5.52. The van der Waals surface area contributed by atoms with E-state index in [0.717, 1.165) is 16.8 Å². The molecule has 2 heterocycles. The number of benzene rings is 2. The van der Waals surface area contributed by atoms with E-state index in [1.165, 1.54) is 9.91 Å². The van der Waals surface area contributed by atoms with E-state index in [1.807, 2.05) is 60.7 Å². The predicted octanol–water partition coefficient (Wildman–Crippen LogP) is 1.88. The summed E-state index contributed by atoms with van der Waals surface area (Å²) < 4.78 is 0. The smallest absolute Gasteiger partial charge is 0.256 e. The number of imide groups is 1. The fourth-order valence-corrected chi connectivity index (χ4v) is 3.82. The Bertz CT molecular complexity index is 974. The molecule has 1 fully saturated rings. The molecule has 0 radical (unpaired) electrons. The largest absolute Gasteiger partial charge is 0.286 e. The highest BCUT2D eigenvalue weighted by Crippen LogP contribution is 2.21. The maximum Gasteiger partial charge on any atom is 0.256 e. The molecule has 0 spiro atoms. The van der Waals surface area contributed by atoms with Gasteiger partial charge in [0.15, 0.2) is 0 Å². The Morgan fingerprint density at radius 1 is 1.07 bits per heavy atom. The third kappa shape index (κ3) is 4.16. The van der Waals surface area contributed by atoms with Gasteiger partial charge in [-0.3, -0.25) is 24.2 Å². The van der Waals surface area contributed by atoms with Crippen LogP contribution < -0.4 is 0 Å². The lowest BCUT2D eigenvalue weighted by Gasteiger charge is -2.23. The van der Waals surface area contributed by atoms with E-state index in [2.05, 4.69) is 5.10 Å². The fraction of sp³-hybridized carbons (Fsp3) is 0.304. The van der Waals surface area contributed by atoms with E-state index in [-0.39, 0.29) is 37.2 Å². The lowest BCUT2D eigenvalue weighted by atomic mass is 10.1. The van der Waals surface area contributed by atoms with Crippen LogP contribution >= 0.6 is 0 Å². The second-order valence-electron chi connectivity index (χ2n) is 7.62. The summed E-state index contributed by atoms with van der Waals surface area (Å²) in [6, 6.07) is 18.6. The van der Waals surface area contributed by atoms with Crippen LogP contribution in [-0.4, -0.2) is 64.4 Å². The standard InChI is InChI=1S/C23H24N4O3/c1-25(16-22(29)27-13-12-19(24-27)18-10-6-3-7-11-18)20-14-21(28)26(23(20)30)15-17-8-4-2-5-9-17/h2-11,20H,12-16H2,1H3. The topological polar surface area (TPSA) is 73.3 Å². The molecule has 0 aliphatic carbocycles. The van der Waals surface area contributed by atoms with Crippen LogP contribution in [0.2, 0.25) is 0 Å². The molecule has 3 amide bonds. The van der Waals surface area contributed by atoms with E-state index < -0.39 is 6.04 Å². The molecule has 0 N–H and O–H groups in total. The van der Waals surface area contributed by atoms with Crippen LogP contribution in [0.4, 0.5) is 0 Å². The number of carbonyl (C=O) groups is 3. The summed E-state index contributed by atoms with van der Waals surface area (Å²) in [5.41, 5.74) is 2.79. The maximum absolute atomic E-state index is 12.8. The summed E-state index contributed by atoms with van der Waals surface area (Å²) in [5.74, 6) is -0.641. The van der Waals surface area contributed by atoms with Crippen molar-refractivity contribution in [2.24, 2.45) is 5.10 Å². The first-order chi connectivity index (χ1) is 14.5. The summed E-state index contributed by atoms with van der Waals surface area (Å²) in [4.78, 5) is 40.9. The van der Waals surface area contributed by atoms with Crippen molar-refractivity contribution < 1.29 is 14.4 Å². The fourth-order valence-electron chi connectivity index (χ4n) is 3.82. The number of hydrogen-bond acceptors (Lipinski definition) is 5. The summed E-state index contributed by atoms with van der Waals surface area (Å²) >= 11 is 0. The molecule has 2 aliphatic rings. The maximum atomic E-state index is 12.8. The van der Waals surface area contributed by atoms with Crippen LogP contribution in [0.15, 0.2) is 65.8 Å². The molecule has 2 aromatic rings. The third-order valence-electron chi connectivity index (χ3n) is 5.52. The Morgan fingerprint density at radius 2 is 1.73 bits per heavy atom. The molecule has 1 saturated heterocycles. The number of likely N-dealkylation sites (N-methyl/N-ethyl adjacent to an activating group) is 1. The molecule has 2 aromatic carbocycles. The molecule has 154 valence electrons. The average Bonchev–Trinajstić information content (AvgIpc) is 3.36. The molecule has 7 nitrogen and oxygen atoms in total. The second-order valence-corrected chi connectivity index (χ2v) is 7.62. The van der Waals surface area contributed by atoms with Crippen LogP contribution in [0.1, 0.15) is 24.0 Å². The minimum absolute atomic E-state index is 0.0361. The molecule has 7 heteroatoms. The van der Waals surface area contributed by atoms with Crippen molar-refractivity contribution in [2.75, 3.05) is 20.1 Å². The van der Waals surface area contributed by atoms with Gasteiger partial charge in [-0.15, -0.1) is 0 Å². The average molecular weight is 404 g/mol. The second kappa shape index (κ2) is 8.59. The molecule has 30 heavy (non-hydrogen) atoms. The normalized spacial score (nSPS) is 19.0. The van der Waals surface area contributed by atoms with E-state index in [0.29, 0.717) is 13.0 Å². The SMILES string of the molecule is CN(CC(=O)N1CCC(c2ccccc2)=N1)C1CC(=O)N(Cc2ccccc2)C1=O. The zero-order valence-corrected chi connectivity index (χ0v) is 16.9. The van der Waals surface area contributed by atoms with Gasteiger partial charge in [0.2, 0.25) is 11.8 Å². The van der Waals surface area contributed by atoms with Crippen LogP contribution in [0.5, 0.6) is 0 Å². The zero-order valence-electron chi connectivity index (χ0n) is 16.9. The first-order valence-electron chi connectivity index (χ1n) is 10.0. The van der Waals surface area contributed by atoms with Crippen molar-refractivity contribution in [1.82, 2.24) is 14.8 Å². The summed E-state index contributed by atoms with van der Waals surface area (Å²) in [5, 5.41) is 5.91. The minimum atomic E-state index is -0.620. The van der Waals surface area contributed by atoms with Crippen molar-refractivity contribution in [1.29, 1.82) is 0 Å². The van der Waals surface area contributed by atoms with Gasteiger partial charge in [-0.05, 0) is 18.2 Å². The number of hydrogen-bond donors (Lipinski definition) is 0. The van der Waals surface area contributed by atoms with Gasteiger partial charge >= 0.3 is 0 Å². The van der Waals surface area contributed by atoms with E-state index >= 15 is 0 Å². The van der Waals surface area contributed by atoms with Crippen LogP contribution in [-0.2, 0) is 20.9 Å². The quantitative estimate of drug-likeness (QED) is 0.689. The molecule has 2 aliphatic heterocycles. The van der Waals surface area contributed by atoms with Crippen LogP contribution in [0.25, 0.3) is 0 Å². The molecular formula is C23H24N4O3. The number of nitrogens with zero attached hydrogens (tertiary/aromatic N) is 4. The number of carbonyl (C=O) groups excluding carboxylic acids is 3. The lowest BCUT2D eigenvalue weighted by Crippen LogP contribution is -2.44. The Labute approximate surface area is 175 Å². The molecule has 1 atom stereocenters. The van der Waals surface area contributed by atoms with Gasteiger partial charge in [0, 0.05) is 6.42 Å².